The Morgan fingerprint density at radius 3 is 1.55 bits per heavy atom. The Labute approximate surface area is 70.5 Å². The van der Waals surface area contributed by atoms with Gasteiger partial charge in [0.2, 0.25) is 0 Å². The maximum atomic E-state index is 4.90. The molecule has 0 amide bonds. The van der Waals surface area contributed by atoms with Gasteiger partial charge in [-0.2, -0.15) is 0 Å². The number of hydrogen-bond acceptors (Lipinski definition) is 2. The second kappa shape index (κ2) is 22.7. The first kappa shape index (κ1) is 16.8. The average molecular weight is 160 g/mol. The van der Waals surface area contributed by atoms with Crippen LogP contribution in [-0.2, 0) is 9.47 Å². The van der Waals surface area contributed by atoms with E-state index in [0.717, 1.165) is 0 Å². The highest BCUT2D eigenvalue weighted by atomic mass is 16.5. The van der Waals surface area contributed by atoms with E-state index in [4.69, 9.17) is 4.74 Å². The van der Waals surface area contributed by atoms with Crippen molar-refractivity contribution in [2.24, 2.45) is 0 Å². The molecule has 0 saturated carbocycles. The molecule has 2 nitrogen and oxygen atoms in total. The fraction of sp³-hybridized carbons (Fsp3) is 0.556. The molecule has 0 aliphatic heterocycles. The van der Waals surface area contributed by atoms with Crippen LogP contribution in [0.25, 0.3) is 0 Å². The van der Waals surface area contributed by atoms with Gasteiger partial charge in [0.15, 0.2) is 0 Å². The summed E-state index contributed by atoms with van der Waals surface area (Å²) in [5.74, 6) is 0. The molecule has 0 atom stereocenters. The van der Waals surface area contributed by atoms with Crippen molar-refractivity contribution in [3.8, 4) is 0 Å². The van der Waals surface area contributed by atoms with Crippen LogP contribution in [0.5, 0.6) is 0 Å². The highest BCUT2D eigenvalue weighted by Gasteiger charge is 1.70. The number of ether oxygens (including phenoxy) is 2. The van der Waals surface area contributed by atoms with Gasteiger partial charge in [-0.05, 0) is 0 Å². The molecule has 0 unspecified atom stereocenters. The van der Waals surface area contributed by atoms with Gasteiger partial charge in [0, 0.05) is 14.2 Å². The highest BCUT2D eigenvalue weighted by Crippen LogP contribution is 1.72. The van der Waals surface area contributed by atoms with E-state index in [-0.39, 0.29) is 7.43 Å². The van der Waals surface area contributed by atoms with Crippen LogP contribution in [0, 0.1) is 0 Å². The molecule has 0 N–H and O–H groups in total. The van der Waals surface area contributed by atoms with Crippen molar-refractivity contribution in [2.45, 2.75) is 7.43 Å². The summed E-state index contributed by atoms with van der Waals surface area (Å²) in [5.41, 5.74) is 0. The monoisotopic (exact) mass is 160 g/mol. The second-order valence-corrected chi connectivity index (χ2v) is 1.52. The molecule has 0 heterocycles. The Morgan fingerprint density at radius 2 is 1.36 bits per heavy atom. The standard InChI is InChI=1S/C6H10O.C2H6O.CH4/c1-3-5-7-6-4-2;1-3-2;/h3-4H,1-2,5-6H2;1-2H3;1H4. The Bertz CT molecular complexity index is 62.0. The summed E-state index contributed by atoms with van der Waals surface area (Å²) in [6.07, 6.45) is 3.42. The van der Waals surface area contributed by atoms with Gasteiger partial charge in [-0.1, -0.05) is 19.6 Å². The maximum absolute atomic E-state index is 4.90. The molecule has 0 saturated heterocycles. The zero-order chi connectivity index (χ0) is 8.24. The van der Waals surface area contributed by atoms with E-state index < -0.39 is 0 Å². The van der Waals surface area contributed by atoms with Crippen molar-refractivity contribution in [1.29, 1.82) is 0 Å². The normalized spacial score (nSPS) is 6.73. The first-order chi connectivity index (χ1) is 4.83. The first-order valence-corrected chi connectivity index (χ1v) is 3.03. The molecule has 0 aromatic rings. The van der Waals surface area contributed by atoms with Crippen molar-refractivity contribution in [3.63, 3.8) is 0 Å². The summed E-state index contributed by atoms with van der Waals surface area (Å²) in [7, 11) is 3.25. The molecule has 68 valence electrons. The second-order valence-electron chi connectivity index (χ2n) is 1.52. The minimum atomic E-state index is 0. The fourth-order valence-electron chi connectivity index (χ4n) is 0.235. The van der Waals surface area contributed by atoms with Crippen LogP contribution in [0.15, 0.2) is 25.3 Å². The minimum Gasteiger partial charge on any atom is -0.388 e. The largest absolute Gasteiger partial charge is 0.388 e. The van der Waals surface area contributed by atoms with Gasteiger partial charge in [0.05, 0.1) is 13.2 Å². The van der Waals surface area contributed by atoms with E-state index >= 15 is 0 Å². The molecule has 0 radical (unpaired) electrons. The zero-order valence-electron chi connectivity index (χ0n) is 6.80. The molecule has 0 aromatic heterocycles. The summed E-state index contributed by atoms with van der Waals surface area (Å²) < 4.78 is 9.15. The molecule has 0 fully saturated rings. The van der Waals surface area contributed by atoms with E-state index in [1.165, 1.54) is 0 Å². The lowest BCUT2D eigenvalue weighted by Crippen LogP contribution is -1.87. The third kappa shape index (κ3) is 44.5. The van der Waals surface area contributed by atoms with E-state index in [1.54, 1.807) is 26.4 Å². The Kier molecular flexibility index (Phi) is 34.7. The van der Waals surface area contributed by atoms with Gasteiger partial charge in [-0.15, -0.1) is 13.2 Å². The number of rotatable bonds is 4. The van der Waals surface area contributed by atoms with Gasteiger partial charge >= 0.3 is 0 Å². The smallest absolute Gasteiger partial charge is 0.0649 e. The molecule has 0 spiro atoms. The van der Waals surface area contributed by atoms with E-state index in [2.05, 4.69) is 17.9 Å². The Hall–Kier alpha value is -0.600. The predicted octanol–water partition coefficient (Wildman–Crippen LogP) is 2.27. The Morgan fingerprint density at radius 1 is 1.09 bits per heavy atom. The van der Waals surface area contributed by atoms with Crippen molar-refractivity contribution in [1.82, 2.24) is 0 Å². The lowest BCUT2D eigenvalue weighted by molar-refractivity contribution is 0.194. The number of hydrogen-bond donors (Lipinski definition) is 0. The van der Waals surface area contributed by atoms with Crippen LogP contribution in [0.3, 0.4) is 0 Å². The molecule has 0 aromatic carbocycles. The topological polar surface area (TPSA) is 18.5 Å². The molecule has 2 heteroatoms. The van der Waals surface area contributed by atoms with E-state index in [9.17, 15) is 0 Å². The van der Waals surface area contributed by atoms with Crippen molar-refractivity contribution in [3.05, 3.63) is 25.3 Å². The first-order valence-electron chi connectivity index (χ1n) is 3.03. The molecular weight excluding hydrogens is 140 g/mol. The molecule has 0 bridgehead atoms. The molecular formula is C9H20O2. The van der Waals surface area contributed by atoms with Crippen LogP contribution in [-0.4, -0.2) is 27.4 Å². The summed E-state index contributed by atoms with van der Waals surface area (Å²) in [6.45, 7) is 8.18. The predicted molar refractivity (Wildman–Crippen MR) is 50.9 cm³/mol. The molecule has 0 aliphatic carbocycles. The SMILES string of the molecule is C.C=CCOCC=C.COC. The van der Waals surface area contributed by atoms with Gasteiger partial charge in [-0.3, -0.25) is 0 Å². The molecule has 0 aliphatic rings. The number of methoxy groups -OCH3 is 1. The van der Waals surface area contributed by atoms with Crippen molar-refractivity contribution < 1.29 is 9.47 Å². The van der Waals surface area contributed by atoms with Crippen molar-refractivity contribution in [2.75, 3.05) is 27.4 Å². The average Bonchev–Trinajstić information content (AvgIpc) is 1.91. The van der Waals surface area contributed by atoms with E-state index in [0.29, 0.717) is 13.2 Å². The summed E-state index contributed by atoms with van der Waals surface area (Å²) >= 11 is 0. The lowest BCUT2D eigenvalue weighted by Gasteiger charge is -1.89. The van der Waals surface area contributed by atoms with Gasteiger partial charge in [0.25, 0.3) is 0 Å². The van der Waals surface area contributed by atoms with Crippen LogP contribution >= 0.6 is 0 Å². The van der Waals surface area contributed by atoms with Gasteiger partial charge in [-0.25, -0.2) is 0 Å². The highest BCUT2D eigenvalue weighted by molar-refractivity contribution is 4.68. The van der Waals surface area contributed by atoms with Crippen LogP contribution in [0.1, 0.15) is 7.43 Å². The van der Waals surface area contributed by atoms with Crippen LogP contribution in [0.2, 0.25) is 0 Å². The fourth-order valence-corrected chi connectivity index (χ4v) is 0.235. The third-order valence-corrected chi connectivity index (χ3v) is 0.471. The quantitative estimate of drug-likeness (QED) is 0.464. The minimum absolute atomic E-state index is 0. The van der Waals surface area contributed by atoms with Crippen LogP contribution in [0.4, 0.5) is 0 Å². The van der Waals surface area contributed by atoms with Crippen LogP contribution < -0.4 is 0 Å². The lowest BCUT2D eigenvalue weighted by atomic mass is 10.6. The maximum Gasteiger partial charge on any atom is 0.0649 e. The zero-order valence-corrected chi connectivity index (χ0v) is 6.80. The van der Waals surface area contributed by atoms with E-state index in [1.807, 2.05) is 0 Å². The summed E-state index contributed by atoms with van der Waals surface area (Å²) in [6, 6.07) is 0. The summed E-state index contributed by atoms with van der Waals surface area (Å²) in [5, 5.41) is 0. The Balaban J connectivity index is -0.000000140. The van der Waals surface area contributed by atoms with Gasteiger partial charge < -0.3 is 9.47 Å². The molecule has 11 heavy (non-hydrogen) atoms. The van der Waals surface area contributed by atoms with Gasteiger partial charge in [0.1, 0.15) is 0 Å². The molecule has 0 rings (SSSR count). The summed E-state index contributed by atoms with van der Waals surface area (Å²) in [4.78, 5) is 0. The third-order valence-electron chi connectivity index (χ3n) is 0.471. The van der Waals surface area contributed by atoms with Crippen molar-refractivity contribution >= 4 is 0 Å².